The van der Waals surface area contributed by atoms with Crippen LogP contribution in [0.5, 0.6) is 0 Å². The molecule has 26 heavy (non-hydrogen) atoms. The number of nitrogens with zero attached hydrogens (tertiary/aromatic N) is 3. The molecule has 1 aromatic heterocycles. The van der Waals surface area contributed by atoms with Crippen LogP contribution in [0.3, 0.4) is 0 Å². The van der Waals surface area contributed by atoms with Gasteiger partial charge in [0.2, 0.25) is 0 Å². The molecule has 0 unspecified atom stereocenters. The molecule has 1 amide bonds. The van der Waals surface area contributed by atoms with E-state index >= 15 is 0 Å². The lowest BCUT2D eigenvalue weighted by Gasteiger charge is -2.36. The molecule has 138 valence electrons. The van der Waals surface area contributed by atoms with Gasteiger partial charge >= 0.3 is 0 Å². The van der Waals surface area contributed by atoms with E-state index < -0.39 is 0 Å². The van der Waals surface area contributed by atoms with Crippen molar-refractivity contribution in [3.05, 3.63) is 52.8 Å². The Hall–Kier alpha value is -2.14. The van der Waals surface area contributed by atoms with Crippen LogP contribution in [0.15, 0.2) is 30.6 Å². The van der Waals surface area contributed by atoms with Gasteiger partial charge in [0.15, 0.2) is 0 Å². The van der Waals surface area contributed by atoms with Crippen LogP contribution in [-0.2, 0) is 25.9 Å². The molecule has 4 rings (SSSR count). The summed E-state index contributed by atoms with van der Waals surface area (Å²) in [5.41, 5.74) is 4.56. The van der Waals surface area contributed by atoms with Gasteiger partial charge in [0.25, 0.3) is 5.91 Å². The Morgan fingerprint density at radius 1 is 1.23 bits per heavy atom. The Morgan fingerprint density at radius 2 is 2.04 bits per heavy atom. The molecule has 5 nitrogen and oxygen atoms in total. The van der Waals surface area contributed by atoms with Crippen molar-refractivity contribution in [2.75, 3.05) is 13.1 Å². The zero-order chi connectivity index (χ0) is 17.9. The van der Waals surface area contributed by atoms with Crippen molar-refractivity contribution >= 4 is 5.91 Å². The molecule has 0 saturated heterocycles. The van der Waals surface area contributed by atoms with Crippen LogP contribution in [0.4, 0.5) is 0 Å². The fourth-order valence-corrected chi connectivity index (χ4v) is 3.96. The maximum Gasteiger partial charge on any atom is 0.251 e. The predicted molar refractivity (Wildman–Crippen MR) is 102 cm³/mol. The Bertz CT molecular complexity index is 778. The second kappa shape index (κ2) is 7.62. The summed E-state index contributed by atoms with van der Waals surface area (Å²) in [6.45, 7) is 5.70. The normalized spacial score (nSPS) is 18.0. The van der Waals surface area contributed by atoms with Gasteiger partial charge in [-0.3, -0.25) is 14.4 Å². The Balaban J connectivity index is 1.38. The van der Waals surface area contributed by atoms with Gasteiger partial charge in [0.1, 0.15) is 0 Å². The van der Waals surface area contributed by atoms with Crippen LogP contribution < -0.4 is 5.32 Å². The SMILES string of the molecule is CCn1cc(CNC(=O)c2ccc3c(c2)CCN(C2CCC2)CC3)cn1. The van der Waals surface area contributed by atoms with Crippen LogP contribution in [0, 0.1) is 0 Å². The van der Waals surface area contributed by atoms with Crippen molar-refractivity contribution in [2.45, 2.75) is 58.2 Å². The molecule has 5 heteroatoms. The van der Waals surface area contributed by atoms with Crippen LogP contribution in [-0.4, -0.2) is 39.7 Å². The summed E-state index contributed by atoms with van der Waals surface area (Å²) in [5, 5.41) is 7.26. The van der Waals surface area contributed by atoms with Crippen molar-refractivity contribution in [2.24, 2.45) is 0 Å². The summed E-state index contributed by atoms with van der Waals surface area (Å²) in [6.07, 6.45) is 10.1. The number of hydrogen-bond donors (Lipinski definition) is 1. The van der Waals surface area contributed by atoms with Crippen molar-refractivity contribution in [3.63, 3.8) is 0 Å². The van der Waals surface area contributed by atoms with E-state index in [-0.39, 0.29) is 5.91 Å². The lowest BCUT2D eigenvalue weighted by atomic mass is 9.91. The van der Waals surface area contributed by atoms with Crippen LogP contribution in [0.25, 0.3) is 0 Å². The summed E-state index contributed by atoms with van der Waals surface area (Å²) >= 11 is 0. The lowest BCUT2D eigenvalue weighted by molar-refractivity contribution is 0.0950. The minimum Gasteiger partial charge on any atom is -0.348 e. The average Bonchev–Trinajstić information content (AvgIpc) is 2.99. The third-order valence-corrected chi connectivity index (χ3v) is 5.86. The number of fused-ring (bicyclic) bond motifs is 1. The smallest absolute Gasteiger partial charge is 0.251 e. The average molecular weight is 352 g/mol. The number of aryl methyl sites for hydroxylation is 1. The standard InChI is InChI=1S/C21H28N4O/c1-2-25-15-16(14-23-25)13-22-21(26)19-7-6-17-8-10-24(20-4-3-5-20)11-9-18(17)12-19/h6-7,12,14-15,20H,2-5,8-11,13H2,1H3,(H,22,26). The minimum atomic E-state index is -0.00264. The first kappa shape index (κ1) is 17.3. The number of aromatic nitrogens is 2. The summed E-state index contributed by atoms with van der Waals surface area (Å²) in [5.74, 6) is -0.00264. The molecule has 2 aliphatic rings. The first-order valence-corrected chi connectivity index (χ1v) is 9.88. The van der Waals surface area contributed by atoms with E-state index in [1.54, 1.807) is 0 Å². The first-order valence-electron chi connectivity index (χ1n) is 9.88. The molecule has 1 saturated carbocycles. The van der Waals surface area contributed by atoms with Crippen molar-refractivity contribution < 1.29 is 4.79 Å². The molecule has 0 atom stereocenters. The van der Waals surface area contributed by atoms with Crippen molar-refractivity contribution in [3.8, 4) is 0 Å². The Kier molecular flexibility index (Phi) is 5.07. The molecule has 1 fully saturated rings. The van der Waals surface area contributed by atoms with Gasteiger partial charge in [-0.2, -0.15) is 5.10 Å². The van der Waals surface area contributed by atoms with E-state index in [2.05, 4.69) is 34.4 Å². The van der Waals surface area contributed by atoms with E-state index in [4.69, 9.17) is 0 Å². The molecule has 1 N–H and O–H groups in total. The topological polar surface area (TPSA) is 50.2 Å². The molecule has 2 aromatic rings. The number of carbonyl (C=O) groups excluding carboxylic acids is 1. The number of rotatable bonds is 5. The first-order chi connectivity index (χ1) is 12.7. The van der Waals surface area contributed by atoms with Crippen molar-refractivity contribution in [1.29, 1.82) is 0 Å². The largest absolute Gasteiger partial charge is 0.348 e. The summed E-state index contributed by atoms with van der Waals surface area (Å²) in [4.78, 5) is 15.2. The highest BCUT2D eigenvalue weighted by atomic mass is 16.1. The molecule has 1 aliphatic carbocycles. The molecular formula is C21H28N4O. The third kappa shape index (κ3) is 3.68. The fraction of sp³-hybridized carbons (Fsp3) is 0.524. The maximum absolute atomic E-state index is 12.5. The number of nitrogens with one attached hydrogen (secondary N) is 1. The predicted octanol–water partition coefficient (Wildman–Crippen LogP) is 2.79. The van der Waals surface area contributed by atoms with Gasteiger partial charge < -0.3 is 5.32 Å². The van der Waals surface area contributed by atoms with Crippen molar-refractivity contribution in [1.82, 2.24) is 20.0 Å². The number of benzene rings is 1. The monoisotopic (exact) mass is 352 g/mol. The molecule has 0 spiro atoms. The quantitative estimate of drug-likeness (QED) is 0.900. The van der Waals surface area contributed by atoms with Crippen LogP contribution >= 0.6 is 0 Å². The Morgan fingerprint density at radius 3 is 2.73 bits per heavy atom. The summed E-state index contributed by atoms with van der Waals surface area (Å²) in [7, 11) is 0. The molecule has 2 heterocycles. The number of carbonyl (C=O) groups is 1. The number of hydrogen-bond acceptors (Lipinski definition) is 3. The van der Waals surface area contributed by atoms with Gasteiger partial charge in [0, 0.05) is 49.5 Å². The van der Waals surface area contributed by atoms with Gasteiger partial charge in [-0.1, -0.05) is 12.5 Å². The van der Waals surface area contributed by atoms with E-state index in [1.807, 2.05) is 23.1 Å². The second-order valence-corrected chi connectivity index (χ2v) is 7.49. The van der Waals surface area contributed by atoms with Gasteiger partial charge in [-0.05, 0) is 55.9 Å². The second-order valence-electron chi connectivity index (χ2n) is 7.49. The van der Waals surface area contributed by atoms with Gasteiger partial charge in [0.05, 0.1) is 6.20 Å². The van der Waals surface area contributed by atoms with Crippen LogP contribution in [0.1, 0.15) is 53.2 Å². The lowest BCUT2D eigenvalue weighted by Crippen LogP contribution is -2.41. The van der Waals surface area contributed by atoms with E-state index in [9.17, 15) is 4.79 Å². The zero-order valence-corrected chi connectivity index (χ0v) is 15.6. The highest BCUT2D eigenvalue weighted by Crippen LogP contribution is 2.27. The Labute approximate surface area is 155 Å². The maximum atomic E-state index is 12.5. The molecule has 0 radical (unpaired) electrons. The van der Waals surface area contributed by atoms with Gasteiger partial charge in [-0.25, -0.2) is 0 Å². The molecule has 1 aromatic carbocycles. The summed E-state index contributed by atoms with van der Waals surface area (Å²) in [6, 6.07) is 7.03. The van der Waals surface area contributed by atoms with Gasteiger partial charge in [-0.15, -0.1) is 0 Å². The highest BCUT2D eigenvalue weighted by molar-refractivity contribution is 5.94. The minimum absolute atomic E-state index is 0.00264. The zero-order valence-electron chi connectivity index (χ0n) is 15.6. The third-order valence-electron chi connectivity index (χ3n) is 5.86. The highest BCUT2D eigenvalue weighted by Gasteiger charge is 2.26. The molecular weight excluding hydrogens is 324 g/mol. The van der Waals surface area contributed by atoms with Crippen LogP contribution in [0.2, 0.25) is 0 Å². The van der Waals surface area contributed by atoms with E-state index in [0.717, 1.165) is 49.6 Å². The molecule has 0 bridgehead atoms. The fourth-order valence-electron chi connectivity index (χ4n) is 3.96. The number of amides is 1. The molecule has 1 aliphatic heterocycles. The summed E-state index contributed by atoms with van der Waals surface area (Å²) < 4.78 is 1.87. The van der Waals surface area contributed by atoms with E-state index in [1.165, 1.54) is 30.4 Å². The van der Waals surface area contributed by atoms with E-state index in [0.29, 0.717) is 6.54 Å².